The summed E-state index contributed by atoms with van der Waals surface area (Å²) < 4.78 is 4.76. The summed E-state index contributed by atoms with van der Waals surface area (Å²) in [6.07, 6.45) is 4.37. The van der Waals surface area contributed by atoms with Crippen molar-refractivity contribution in [1.29, 1.82) is 0 Å². The Hall–Kier alpha value is -1.46. The second-order valence-corrected chi connectivity index (χ2v) is 4.53. The van der Waals surface area contributed by atoms with E-state index < -0.39 is 6.10 Å². The number of rotatable bonds is 4. The van der Waals surface area contributed by atoms with Crippen LogP contribution in [0.25, 0.3) is 0 Å². The number of aliphatic hydroxyl groups excluding tert-OH is 1. The van der Waals surface area contributed by atoms with E-state index in [1.54, 1.807) is 12.4 Å². The molecule has 2 rings (SSSR count). The van der Waals surface area contributed by atoms with Crippen molar-refractivity contribution >= 4 is 5.97 Å². The second-order valence-electron chi connectivity index (χ2n) is 4.53. The highest BCUT2D eigenvalue weighted by atomic mass is 16.5. The van der Waals surface area contributed by atoms with E-state index in [1.807, 2.05) is 17.0 Å². The monoisotopic (exact) mass is 250 g/mol. The number of nitrogens with zero attached hydrogens (tertiary/aromatic N) is 2. The Morgan fingerprint density at radius 2 is 2.28 bits per heavy atom. The standard InChI is InChI=1S/C13H18N2O3/c1-18-13(17)12-8-11(16)9-15(12)7-4-10-2-5-14-6-3-10/h2-3,5-6,11-12,16H,4,7-9H2,1H3/t11-,12+/m1/s1. The van der Waals surface area contributed by atoms with Crippen LogP contribution in [0, 0.1) is 0 Å². The van der Waals surface area contributed by atoms with Crippen molar-refractivity contribution < 1.29 is 14.6 Å². The number of aliphatic hydroxyl groups is 1. The van der Waals surface area contributed by atoms with Gasteiger partial charge in [0.25, 0.3) is 0 Å². The van der Waals surface area contributed by atoms with Crippen molar-refractivity contribution in [2.24, 2.45) is 0 Å². The first-order valence-electron chi connectivity index (χ1n) is 6.09. The van der Waals surface area contributed by atoms with Crippen LogP contribution in [-0.4, -0.2) is 53.3 Å². The lowest BCUT2D eigenvalue weighted by Crippen LogP contribution is -2.38. The molecule has 1 aliphatic rings. The molecule has 0 unspecified atom stereocenters. The highest BCUT2D eigenvalue weighted by molar-refractivity contribution is 5.76. The number of esters is 1. The summed E-state index contributed by atoms with van der Waals surface area (Å²) in [4.78, 5) is 17.5. The van der Waals surface area contributed by atoms with E-state index in [1.165, 1.54) is 12.7 Å². The fraction of sp³-hybridized carbons (Fsp3) is 0.538. The van der Waals surface area contributed by atoms with Crippen LogP contribution < -0.4 is 0 Å². The second kappa shape index (κ2) is 5.93. The number of β-amino-alcohol motifs (C(OH)–C–C–N with tert-alkyl or cyclic N) is 1. The van der Waals surface area contributed by atoms with Gasteiger partial charge in [0.05, 0.1) is 13.2 Å². The first-order chi connectivity index (χ1) is 8.70. The van der Waals surface area contributed by atoms with Crippen LogP contribution in [0.5, 0.6) is 0 Å². The summed E-state index contributed by atoms with van der Waals surface area (Å²) in [5.41, 5.74) is 1.18. The molecule has 0 aromatic carbocycles. The maximum absolute atomic E-state index is 11.6. The summed E-state index contributed by atoms with van der Waals surface area (Å²) in [5.74, 6) is -0.263. The predicted molar refractivity (Wildman–Crippen MR) is 65.9 cm³/mol. The quantitative estimate of drug-likeness (QED) is 0.775. The zero-order chi connectivity index (χ0) is 13.0. The molecule has 5 nitrogen and oxygen atoms in total. The van der Waals surface area contributed by atoms with Gasteiger partial charge in [0, 0.05) is 31.9 Å². The number of pyridine rings is 1. The molecule has 2 heterocycles. The maximum Gasteiger partial charge on any atom is 0.323 e. The van der Waals surface area contributed by atoms with Gasteiger partial charge in [-0.05, 0) is 24.1 Å². The number of methoxy groups -OCH3 is 1. The molecule has 1 aromatic heterocycles. The Morgan fingerprint density at radius 1 is 1.56 bits per heavy atom. The molecule has 1 N–H and O–H groups in total. The van der Waals surface area contributed by atoms with Gasteiger partial charge in [-0.15, -0.1) is 0 Å². The third-order valence-corrected chi connectivity index (χ3v) is 3.29. The minimum atomic E-state index is -0.438. The number of hydrogen-bond acceptors (Lipinski definition) is 5. The van der Waals surface area contributed by atoms with Gasteiger partial charge in [-0.1, -0.05) is 0 Å². The SMILES string of the molecule is COC(=O)[C@@H]1C[C@@H](O)CN1CCc1ccncc1. The molecular weight excluding hydrogens is 232 g/mol. The van der Waals surface area contributed by atoms with Crippen molar-refractivity contribution in [2.45, 2.75) is 25.0 Å². The van der Waals surface area contributed by atoms with Gasteiger partial charge in [0.1, 0.15) is 6.04 Å². The van der Waals surface area contributed by atoms with Gasteiger partial charge in [-0.2, -0.15) is 0 Å². The van der Waals surface area contributed by atoms with Crippen molar-refractivity contribution in [1.82, 2.24) is 9.88 Å². The molecule has 2 atom stereocenters. The zero-order valence-electron chi connectivity index (χ0n) is 10.5. The number of likely N-dealkylation sites (tertiary alicyclic amines) is 1. The van der Waals surface area contributed by atoms with E-state index in [4.69, 9.17) is 4.74 Å². The molecule has 1 aliphatic heterocycles. The third kappa shape index (κ3) is 3.05. The van der Waals surface area contributed by atoms with E-state index in [-0.39, 0.29) is 12.0 Å². The highest BCUT2D eigenvalue weighted by Gasteiger charge is 2.36. The first-order valence-corrected chi connectivity index (χ1v) is 6.09. The Bertz CT molecular complexity index is 396. The Kier molecular flexibility index (Phi) is 4.28. The number of hydrogen-bond donors (Lipinski definition) is 1. The van der Waals surface area contributed by atoms with Gasteiger partial charge >= 0.3 is 5.97 Å². The average Bonchev–Trinajstić information content (AvgIpc) is 2.78. The summed E-state index contributed by atoms with van der Waals surface area (Å²) in [6.45, 7) is 1.27. The van der Waals surface area contributed by atoms with E-state index in [0.29, 0.717) is 13.0 Å². The lowest BCUT2D eigenvalue weighted by Gasteiger charge is -2.21. The normalized spacial score (nSPS) is 24.1. The molecule has 0 bridgehead atoms. The summed E-state index contributed by atoms with van der Waals surface area (Å²) in [6, 6.07) is 3.60. The van der Waals surface area contributed by atoms with E-state index in [2.05, 4.69) is 4.98 Å². The van der Waals surface area contributed by atoms with Crippen LogP contribution in [0.4, 0.5) is 0 Å². The maximum atomic E-state index is 11.6. The number of aromatic nitrogens is 1. The van der Waals surface area contributed by atoms with Crippen molar-refractivity contribution in [3.05, 3.63) is 30.1 Å². The number of carbonyl (C=O) groups excluding carboxylic acids is 1. The van der Waals surface area contributed by atoms with Crippen LogP contribution in [0.3, 0.4) is 0 Å². The van der Waals surface area contributed by atoms with Crippen LogP contribution >= 0.6 is 0 Å². The third-order valence-electron chi connectivity index (χ3n) is 3.29. The van der Waals surface area contributed by atoms with Crippen LogP contribution in [0.2, 0.25) is 0 Å². The molecule has 18 heavy (non-hydrogen) atoms. The summed E-state index contributed by atoms with van der Waals surface area (Å²) in [7, 11) is 1.38. The number of carbonyl (C=O) groups is 1. The zero-order valence-corrected chi connectivity index (χ0v) is 10.5. The lowest BCUT2D eigenvalue weighted by atomic mass is 10.1. The average molecular weight is 250 g/mol. The Balaban J connectivity index is 1.93. The molecule has 98 valence electrons. The van der Waals surface area contributed by atoms with Gasteiger partial charge in [-0.3, -0.25) is 14.7 Å². The van der Waals surface area contributed by atoms with E-state index in [0.717, 1.165) is 13.0 Å². The highest BCUT2D eigenvalue weighted by Crippen LogP contribution is 2.19. The molecule has 0 radical (unpaired) electrons. The van der Waals surface area contributed by atoms with Gasteiger partial charge in [0.2, 0.25) is 0 Å². The minimum absolute atomic E-state index is 0.263. The largest absolute Gasteiger partial charge is 0.468 e. The van der Waals surface area contributed by atoms with Crippen LogP contribution in [-0.2, 0) is 16.0 Å². The van der Waals surface area contributed by atoms with Crippen LogP contribution in [0.1, 0.15) is 12.0 Å². The van der Waals surface area contributed by atoms with E-state index in [9.17, 15) is 9.90 Å². The van der Waals surface area contributed by atoms with Gasteiger partial charge < -0.3 is 9.84 Å². The lowest BCUT2D eigenvalue weighted by molar-refractivity contribution is -0.145. The molecule has 5 heteroatoms. The molecule has 1 aromatic rings. The minimum Gasteiger partial charge on any atom is -0.468 e. The Labute approximate surface area is 106 Å². The van der Waals surface area contributed by atoms with Gasteiger partial charge in [-0.25, -0.2) is 0 Å². The summed E-state index contributed by atoms with van der Waals surface area (Å²) >= 11 is 0. The number of ether oxygens (including phenoxy) is 1. The fourth-order valence-corrected chi connectivity index (χ4v) is 2.33. The Morgan fingerprint density at radius 3 is 2.94 bits per heavy atom. The van der Waals surface area contributed by atoms with Crippen molar-refractivity contribution in [3.63, 3.8) is 0 Å². The van der Waals surface area contributed by atoms with Crippen LogP contribution in [0.15, 0.2) is 24.5 Å². The summed E-state index contributed by atoms with van der Waals surface area (Å²) in [5, 5.41) is 9.65. The molecule has 0 saturated carbocycles. The fourth-order valence-electron chi connectivity index (χ4n) is 2.33. The molecule has 0 amide bonds. The molecule has 0 spiro atoms. The molecular formula is C13H18N2O3. The predicted octanol–water partition coefficient (Wildman–Crippen LogP) is 0.232. The molecule has 0 aliphatic carbocycles. The van der Waals surface area contributed by atoms with Gasteiger partial charge in [0.15, 0.2) is 0 Å². The topological polar surface area (TPSA) is 62.7 Å². The molecule has 1 saturated heterocycles. The first kappa shape index (κ1) is 13.0. The van der Waals surface area contributed by atoms with E-state index >= 15 is 0 Å². The smallest absolute Gasteiger partial charge is 0.323 e. The molecule has 1 fully saturated rings. The van der Waals surface area contributed by atoms with Crippen molar-refractivity contribution in [2.75, 3.05) is 20.2 Å². The van der Waals surface area contributed by atoms with Crippen molar-refractivity contribution in [3.8, 4) is 0 Å².